The van der Waals surface area contributed by atoms with Crippen LogP contribution in [0.4, 0.5) is 0 Å². The highest BCUT2D eigenvalue weighted by molar-refractivity contribution is 5.81. The van der Waals surface area contributed by atoms with Gasteiger partial charge in [0.05, 0.1) is 13.7 Å². The van der Waals surface area contributed by atoms with Crippen molar-refractivity contribution in [2.75, 3.05) is 20.3 Å². The zero-order valence-corrected chi connectivity index (χ0v) is 7.77. The molecule has 1 fully saturated rings. The Hall–Kier alpha value is -1.03. The van der Waals surface area contributed by atoms with E-state index in [1.807, 2.05) is 4.90 Å². The number of methoxy groups -OCH3 is 1. The van der Waals surface area contributed by atoms with E-state index in [4.69, 9.17) is 5.11 Å². The lowest BCUT2D eigenvalue weighted by Gasteiger charge is -2.17. The van der Waals surface area contributed by atoms with Crippen molar-refractivity contribution >= 4 is 5.97 Å². The molecular weight excluding hydrogens is 170 g/mol. The second-order valence-electron chi connectivity index (χ2n) is 3.03. The maximum atomic E-state index is 10.8. The molecule has 1 N–H and O–H groups in total. The molecule has 0 radical (unpaired) electrons. The largest absolute Gasteiger partial charge is 0.466 e. The molecule has 1 rings (SSSR count). The second kappa shape index (κ2) is 4.87. The summed E-state index contributed by atoms with van der Waals surface area (Å²) in [6, 6.07) is 0.507. The highest BCUT2D eigenvalue weighted by Gasteiger charge is 2.26. The van der Waals surface area contributed by atoms with Crippen LogP contribution in [0.1, 0.15) is 12.8 Å². The lowest BCUT2D eigenvalue weighted by Crippen LogP contribution is -2.23. The van der Waals surface area contributed by atoms with Gasteiger partial charge in [0.1, 0.15) is 0 Å². The first-order chi connectivity index (χ1) is 6.27. The van der Waals surface area contributed by atoms with Gasteiger partial charge in [0, 0.05) is 24.9 Å². The van der Waals surface area contributed by atoms with Gasteiger partial charge in [0.15, 0.2) is 0 Å². The summed E-state index contributed by atoms with van der Waals surface area (Å²) in [4.78, 5) is 12.7. The van der Waals surface area contributed by atoms with Gasteiger partial charge in [0.2, 0.25) is 0 Å². The van der Waals surface area contributed by atoms with Gasteiger partial charge in [-0.15, -0.1) is 0 Å². The lowest BCUT2D eigenvalue weighted by molar-refractivity contribution is -0.134. The molecule has 0 aromatic rings. The lowest BCUT2D eigenvalue weighted by atomic mass is 10.4. The minimum Gasteiger partial charge on any atom is -0.466 e. The van der Waals surface area contributed by atoms with Crippen LogP contribution in [0.25, 0.3) is 0 Å². The Kier molecular flexibility index (Phi) is 3.76. The van der Waals surface area contributed by atoms with Gasteiger partial charge in [-0.1, -0.05) is 0 Å². The van der Waals surface area contributed by atoms with E-state index in [0.29, 0.717) is 12.6 Å². The molecule has 4 heteroatoms. The molecule has 0 unspecified atom stereocenters. The van der Waals surface area contributed by atoms with Crippen molar-refractivity contribution < 1.29 is 14.6 Å². The summed E-state index contributed by atoms with van der Waals surface area (Å²) in [6.07, 6.45) is 5.37. The van der Waals surface area contributed by atoms with Gasteiger partial charge in [-0.05, 0) is 12.8 Å². The number of carbonyl (C=O) groups is 1. The minimum atomic E-state index is -0.358. The summed E-state index contributed by atoms with van der Waals surface area (Å²) in [6.45, 7) is 0.695. The van der Waals surface area contributed by atoms with Crippen LogP contribution >= 0.6 is 0 Å². The molecule has 74 valence electrons. The van der Waals surface area contributed by atoms with Crippen LogP contribution < -0.4 is 0 Å². The molecule has 0 saturated heterocycles. The first kappa shape index (κ1) is 10.1. The van der Waals surface area contributed by atoms with E-state index < -0.39 is 0 Å². The second-order valence-corrected chi connectivity index (χ2v) is 3.03. The van der Waals surface area contributed by atoms with E-state index in [2.05, 4.69) is 4.74 Å². The molecular formula is C9H15NO3. The van der Waals surface area contributed by atoms with Crippen LogP contribution in [0.5, 0.6) is 0 Å². The first-order valence-electron chi connectivity index (χ1n) is 4.40. The highest BCUT2D eigenvalue weighted by atomic mass is 16.5. The summed E-state index contributed by atoms with van der Waals surface area (Å²) in [5.41, 5.74) is 0. The standard InChI is InChI=1S/C9H15NO3/c1-13-9(12)4-5-10(6-7-11)8-2-3-8/h4-5,8,11H,2-3,6-7H2,1H3. The van der Waals surface area contributed by atoms with Gasteiger partial charge in [0.25, 0.3) is 0 Å². The molecule has 1 aliphatic rings. The van der Waals surface area contributed by atoms with Gasteiger partial charge in [-0.2, -0.15) is 0 Å². The number of hydrogen-bond donors (Lipinski definition) is 1. The van der Waals surface area contributed by atoms with E-state index in [1.54, 1.807) is 6.20 Å². The molecule has 1 saturated carbocycles. The van der Waals surface area contributed by atoms with Crippen molar-refractivity contribution in [3.05, 3.63) is 12.3 Å². The Morgan fingerprint density at radius 3 is 2.85 bits per heavy atom. The molecule has 0 bridgehead atoms. The van der Waals surface area contributed by atoms with Crippen molar-refractivity contribution in [2.45, 2.75) is 18.9 Å². The van der Waals surface area contributed by atoms with Crippen molar-refractivity contribution in [1.82, 2.24) is 4.90 Å². The summed E-state index contributed by atoms with van der Waals surface area (Å²) in [5, 5.41) is 8.74. The third kappa shape index (κ3) is 3.46. The number of ether oxygens (including phenoxy) is 1. The van der Waals surface area contributed by atoms with Crippen LogP contribution in [0, 0.1) is 0 Å². The molecule has 1 aliphatic carbocycles. The van der Waals surface area contributed by atoms with E-state index in [0.717, 1.165) is 12.8 Å². The third-order valence-corrected chi connectivity index (χ3v) is 1.98. The molecule has 0 atom stereocenters. The third-order valence-electron chi connectivity index (χ3n) is 1.98. The SMILES string of the molecule is COC(=O)C=CN(CCO)C1CC1. The maximum Gasteiger partial charge on any atom is 0.331 e. The van der Waals surface area contributed by atoms with Gasteiger partial charge in [-0.25, -0.2) is 4.79 Å². The van der Waals surface area contributed by atoms with Crippen molar-refractivity contribution in [2.24, 2.45) is 0 Å². The Balaban J connectivity index is 2.36. The highest BCUT2D eigenvalue weighted by Crippen LogP contribution is 2.26. The van der Waals surface area contributed by atoms with Crippen LogP contribution in [0.3, 0.4) is 0 Å². The Morgan fingerprint density at radius 2 is 2.38 bits per heavy atom. The number of nitrogens with zero attached hydrogens (tertiary/aromatic N) is 1. The monoisotopic (exact) mass is 185 g/mol. The van der Waals surface area contributed by atoms with Crippen LogP contribution in [0.2, 0.25) is 0 Å². The molecule has 0 spiro atoms. The van der Waals surface area contributed by atoms with Gasteiger partial charge in [-0.3, -0.25) is 0 Å². The van der Waals surface area contributed by atoms with Crippen LogP contribution in [0.15, 0.2) is 12.3 Å². The average molecular weight is 185 g/mol. The number of aliphatic hydroxyl groups is 1. The molecule has 0 heterocycles. The van der Waals surface area contributed by atoms with E-state index in [-0.39, 0.29) is 12.6 Å². The predicted molar refractivity (Wildman–Crippen MR) is 48.0 cm³/mol. The summed E-state index contributed by atoms with van der Waals surface area (Å²) < 4.78 is 4.46. The number of hydrogen-bond acceptors (Lipinski definition) is 4. The predicted octanol–water partition coefficient (Wildman–Crippen LogP) is 0.130. The molecule has 0 aliphatic heterocycles. The quantitative estimate of drug-likeness (QED) is 0.488. The number of aliphatic hydroxyl groups excluding tert-OH is 1. The van der Waals surface area contributed by atoms with Gasteiger partial charge < -0.3 is 14.7 Å². The molecule has 4 nitrogen and oxygen atoms in total. The van der Waals surface area contributed by atoms with Gasteiger partial charge >= 0.3 is 5.97 Å². The van der Waals surface area contributed by atoms with Crippen LogP contribution in [-0.2, 0) is 9.53 Å². The van der Waals surface area contributed by atoms with E-state index in [1.165, 1.54) is 13.2 Å². The fraction of sp³-hybridized carbons (Fsp3) is 0.667. The molecule has 0 aromatic carbocycles. The van der Waals surface area contributed by atoms with Crippen molar-refractivity contribution in [3.63, 3.8) is 0 Å². The summed E-state index contributed by atoms with van der Waals surface area (Å²) in [7, 11) is 1.35. The van der Waals surface area contributed by atoms with E-state index in [9.17, 15) is 4.79 Å². The normalized spacial score (nSPS) is 16.2. The topological polar surface area (TPSA) is 49.8 Å². The molecule has 0 aromatic heterocycles. The smallest absolute Gasteiger partial charge is 0.331 e. The average Bonchev–Trinajstić information content (AvgIpc) is 2.94. The number of carbonyl (C=O) groups excluding carboxylic acids is 1. The fourth-order valence-electron chi connectivity index (χ4n) is 1.13. The minimum absolute atomic E-state index is 0.113. The number of rotatable bonds is 5. The summed E-state index contributed by atoms with van der Waals surface area (Å²) in [5.74, 6) is -0.358. The van der Waals surface area contributed by atoms with Crippen molar-refractivity contribution in [3.8, 4) is 0 Å². The van der Waals surface area contributed by atoms with Crippen LogP contribution in [-0.4, -0.2) is 42.3 Å². The molecule has 13 heavy (non-hydrogen) atoms. The zero-order valence-electron chi connectivity index (χ0n) is 7.77. The Morgan fingerprint density at radius 1 is 1.69 bits per heavy atom. The Labute approximate surface area is 77.8 Å². The zero-order chi connectivity index (χ0) is 9.68. The van der Waals surface area contributed by atoms with E-state index >= 15 is 0 Å². The Bertz CT molecular complexity index is 199. The first-order valence-corrected chi connectivity index (χ1v) is 4.40. The maximum absolute atomic E-state index is 10.8. The summed E-state index contributed by atoms with van der Waals surface area (Å²) >= 11 is 0. The van der Waals surface area contributed by atoms with Crippen molar-refractivity contribution in [1.29, 1.82) is 0 Å². The number of esters is 1. The fourth-order valence-corrected chi connectivity index (χ4v) is 1.13. The molecule has 0 amide bonds.